The summed E-state index contributed by atoms with van der Waals surface area (Å²) in [5.41, 5.74) is -0.258. The normalized spacial score (nSPS) is 12.0. The van der Waals surface area contributed by atoms with E-state index >= 15 is 0 Å². The zero-order valence-electron chi connectivity index (χ0n) is 15.8. The summed E-state index contributed by atoms with van der Waals surface area (Å²) >= 11 is 5.99. The van der Waals surface area contributed by atoms with Crippen LogP contribution in [0.25, 0.3) is 0 Å². The van der Waals surface area contributed by atoms with Crippen molar-refractivity contribution in [2.24, 2.45) is 0 Å². The van der Waals surface area contributed by atoms with Gasteiger partial charge in [-0.25, -0.2) is 0 Å². The second kappa shape index (κ2) is 10.1. The Bertz CT molecular complexity index is 917. The van der Waals surface area contributed by atoms with E-state index in [0.29, 0.717) is 10.6 Å². The molecule has 1 atom stereocenters. The minimum Gasteiger partial charge on any atom is -0.451 e. The lowest BCUT2D eigenvalue weighted by Crippen LogP contribution is -2.38. The number of nitrogens with one attached hydrogen (secondary N) is 2. The van der Waals surface area contributed by atoms with Crippen molar-refractivity contribution < 1.29 is 32.3 Å². The zero-order chi connectivity index (χ0) is 22.3. The predicted octanol–water partition coefficient (Wildman–Crippen LogP) is 3.34. The molecule has 1 unspecified atom stereocenters. The molecule has 10 heteroatoms. The van der Waals surface area contributed by atoms with Crippen molar-refractivity contribution >= 4 is 29.4 Å². The Kier molecular flexibility index (Phi) is 7.82. The average Bonchev–Trinajstić information content (AvgIpc) is 2.70. The molecule has 30 heavy (non-hydrogen) atoms. The van der Waals surface area contributed by atoms with Crippen molar-refractivity contribution in [3.05, 3.63) is 70.2 Å². The van der Waals surface area contributed by atoms with Gasteiger partial charge in [0, 0.05) is 17.1 Å². The van der Waals surface area contributed by atoms with E-state index in [2.05, 4.69) is 10.6 Å². The van der Waals surface area contributed by atoms with Gasteiger partial charge >= 0.3 is 12.1 Å². The van der Waals surface area contributed by atoms with Gasteiger partial charge < -0.3 is 15.4 Å². The molecule has 0 spiro atoms. The molecule has 0 aliphatic rings. The molecule has 0 aliphatic heterocycles. The van der Waals surface area contributed by atoms with Gasteiger partial charge in [-0.1, -0.05) is 29.8 Å². The lowest BCUT2D eigenvalue weighted by Gasteiger charge is -2.14. The van der Waals surface area contributed by atoms with Gasteiger partial charge in [0.15, 0.2) is 6.10 Å². The van der Waals surface area contributed by atoms with Crippen LogP contribution in [-0.2, 0) is 27.0 Å². The third kappa shape index (κ3) is 6.77. The van der Waals surface area contributed by atoms with Gasteiger partial charge in [0.05, 0.1) is 5.56 Å². The molecule has 0 radical (unpaired) electrons. The number of carbonyl (C=O) groups is 3. The van der Waals surface area contributed by atoms with Gasteiger partial charge in [-0.15, -0.1) is 0 Å². The first-order valence-electron chi connectivity index (χ1n) is 8.74. The van der Waals surface area contributed by atoms with Crippen LogP contribution in [0.5, 0.6) is 0 Å². The SMILES string of the molecule is CC(OC(=O)CNC(=O)c1ccc(C(F)(F)F)cc1)C(=O)NCc1ccccc1Cl. The Balaban J connectivity index is 1.78. The van der Waals surface area contributed by atoms with Gasteiger partial charge in [0.2, 0.25) is 0 Å². The van der Waals surface area contributed by atoms with Crippen LogP contribution in [0, 0.1) is 0 Å². The first-order valence-corrected chi connectivity index (χ1v) is 9.12. The van der Waals surface area contributed by atoms with Crippen LogP contribution >= 0.6 is 11.6 Å². The summed E-state index contributed by atoms with van der Waals surface area (Å²) in [6, 6.07) is 10.4. The molecule has 0 bridgehead atoms. The lowest BCUT2D eigenvalue weighted by molar-refractivity contribution is -0.153. The number of benzene rings is 2. The van der Waals surface area contributed by atoms with E-state index in [-0.39, 0.29) is 12.1 Å². The lowest BCUT2D eigenvalue weighted by atomic mass is 10.1. The summed E-state index contributed by atoms with van der Waals surface area (Å²) in [5, 5.41) is 5.28. The molecule has 0 aromatic heterocycles. The maximum absolute atomic E-state index is 12.5. The van der Waals surface area contributed by atoms with E-state index in [1.165, 1.54) is 6.92 Å². The number of ether oxygens (including phenoxy) is 1. The molecule has 0 aliphatic carbocycles. The number of alkyl halides is 3. The highest BCUT2D eigenvalue weighted by Gasteiger charge is 2.30. The fourth-order valence-electron chi connectivity index (χ4n) is 2.33. The standard InChI is InChI=1S/C20H18ClF3N2O4/c1-12(18(28)25-10-14-4-2-3-5-16(14)21)30-17(27)11-26-19(29)13-6-8-15(9-7-13)20(22,23)24/h2-9,12H,10-11H2,1H3,(H,25,28)(H,26,29). The molecule has 6 nitrogen and oxygen atoms in total. The third-order valence-corrected chi connectivity index (χ3v) is 4.32. The van der Waals surface area contributed by atoms with Crippen molar-refractivity contribution in [2.75, 3.05) is 6.54 Å². The van der Waals surface area contributed by atoms with Crippen LogP contribution in [0.4, 0.5) is 13.2 Å². The summed E-state index contributed by atoms with van der Waals surface area (Å²) in [6.45, 7) is 0.949. The van der Waals surface area contributed by atoms with E-state index < -0.39 is 42.2 Å². The van der Waals surface area contributed by atoms with Crippen LogP contribution < -0.4 is 10.6 Å². The Morgan fingerprint density at radius 3 is 2.27 bits per heavy atom. The molecule has 2 aromatic carbocycles. The van der Waals surface area contributed by atoms with Gasteiger partial charge in [0.1, 0.15) is 6.54 Å². The summed E-state index contributed by atoms with van der Waals surface area (Å²) in [5.74, 6) is -2.19. The molecule has 0 saturated carbocycles. The molecule has 160 valence electrons. The van der Waals surface area contributed by atoms with Crippen LogP contribution in [-0.4, -0.2) is 30.4 Å². The van der Waals surface area contributed by atoms with Crippen molar-refractivity contribution in [2.45, 2.75) is 25.7 Å². The van der Waals surface area contributed by atoms with E-state index in [1.807, 2.05) is 0 Å². The minimum absolute atomic E-state index is 0.0543. The Labute approximate surface area is 175 Å². The van der Waals surface area contributed by atoms with Crippen molar-refractivity contribution in [3.63, 3.8) is 0 Å². The van der Waals surface area contributed by atoms with Crippen LogP contribution in [0.1, 0.15) is 28.4 Å². The number of halogens is 4. The number of rotatable bonds is 7. The van der Waals surface area contributed by atoms with Crippen LogP contribution in [0.3, 0.4) is 0 Å². The Morgan fingerprint density at radius 1 is 1.03 bits per heavy atom. The molecule has 0 fully saturated rings. The van der Waals surface area contributed by atoms with Gasteiger partial charge in [0.25, 0.3) is 11.8 Å². The van der Waals surface area contributed by atoms with E-state index in [9.17, 15) is 27.6 Å². The molecule has 0 saturated heterocycles. The number of esters is 1. The topological polar surface area (TPSA) is 84.5 Å². The number of hydrogen-bond donors (Lipinski definition) is 2. The van der Waals surface area contributed by atoms with Gasteiger partial charge in [-0.05, 0) is 42.8 Å². The Hall–Kier alpha value is -3.07. The molecular weight excluding hydrogens is 425 g/mol. The zero-order valence-corrected chi connectivity index (χ0v) is 16.5. The fourth-order valence-corrected chi connectivity index (χ4v) is 2.53. The summed E-state index contributed by atoms with van der Waals surface area (Å²) in [4.78, 5) is 35.8. The molecule has 2 amide bonds. The van der Waals surface area contributed by atoms with Crippen molar-refractivity contribution in [1.82, 2.24) is 10.6 Å². The maximum atomic E-state index is 12.5. The first-order chi connectivity index (χ1) is 14.1. The predicted molar refractivity (Wildman–Crippen MR) is 103 cm³/mol. The summed E-state index contributed by atoms with van der Waals surface area (Å²) in [7, 11) is 0. The van der Waals surface area contributed by atoms with E-state index in [0.717, 1.165) is 24.3 Å². The maximum Gasteiger partial charge on any atom is 0.416 e. The fraction of sp³-hybridized carbons (Fsp3) is 0.250. The average molecular weight is 443 g/mol. The number of carbonyl (C=O) groups excluding carboxylic acids is 3. The number of amides is 2. The summed E-state index contributed by atoms with van der Waals surface area (Å²) in [6.07, 6.45) is -5.63. The van der Waals surface area contributed by atoms with Gasteiger partial charge in [-0.3, -0.25) is 14.4 Å². The van der Waals surface area contributed by atoms with E-state index in [4.69, 9.17) is 16.3 Å². The molecule has 2 N–H and O–H groups in total. The monoisotopic (exact) mass is 442 g/mol. The minimum atomic E-state index is -4.51. The Morgan fingerprint density at radius 2 is 1.67 bits per heavy atom. The molecule has 2 aromatic rings. The highest BCUT2D eigenvalue weighted by Crippen LogP contribution is 2.29. The van der Waals surface area contributed by atoms with Crippen molar-refractivity contribution in [1.29, 1.82) is 0 Å². The van der Waals surface area contributed by atoms with Crippen LogP contribution in [0.15, 0.2) is 48.5 Å². The molecule has 2 rings (SSSR count). The van der Waals surface area contributed by atoms with Crippen LogP contribution in [0.2, 0.25) is 5.02 Å². The quantitative estimate of drug-likeness (QED) is 0.644. The van der Waals surface area contributed by atoms with Gasteiger partial charge in [-0.2, -0.15) is 13.2 Å². The second-order valence-electron chi connectivity index (χ2n) is 6.20. The summed E-state index contributed by atoms with van der Waals surface area (Å²) < 4.78 is 42.5. The third-order valence-electron chi connectivity index (χ3n) is 3.96. The van der Waals surface area contributed by atoms with Crippen molar-refractivity contribution in [3.8, 4) is 0 Å². The highest BCUT2D eigenvalue weighted by atomic mass is 35.5. The highest BCUT2D eigenvalue weighted by molar-refractivity contribution is 6.31. The first kappa shape index (κ1) is 23.2. The van der Waals surface area contributed by atoms with E-state index in [1.54, 1.807) is 24.3 Å². The molecular formula is C20H18ClF3N2O4. The molecule has 0 heterocycles. The number of hydrogen-bond acceptors (Lipinski definition) is 4. The smallest absolute Gasteiger partial charge is 0.416 e. The second-order valence-corrected chi connectivity index (χ2v) is 6.61. The largest absolute Gasteiger partial charge is 0.451 e.